The van der Waals surface area contributed by atoms with Gasteiger partial charge in [-0.3, -0.25) is 4.98 Å². The van der Waals surface area contributed by atoms with Crippen LogP contribution in [0.4, 0.5) is 0 Å². The molecule has 0 aliphatic rings. The summed E-state index contributed by atoms with van der Waals surface area (Å²) >= 11 is 6.04. The molecule has 0 fully saturated rings. The van der Waals surface area contributed by atoms with Gasteiger partial charge in [0, 0.05) is 23.7 Å². The van der Waals surface area contributed by atoms with E-state index in [9.17, 15) is 0 Å². The molecule has 2 heterocycles. The number of aromatic nitrogens is 3. The Balaban J connectivity index is 2.49. The van der Waals surface area contributed by atoms with E-state index in [0.717, 1.165) is 22.5 Å². The van der Waals surface area contributed by atoms with Crippen LogP contribution >= 0.6 is 11.6 Å². The lowest BCUT2D eigenvalue weighted by atomic mass is 10.1. The van der Waals surface area contributed by atoms with Crippen LogP contribution in [0.3, 0.4) is 0 Å². The van der Waals surface area contributed by atoms with E-state index in [-0.39, 0.29) is 5.38 Å². The Bertz CT molecular complexity index is 538. The van der Waals surface area contributed by atoms with Crippen molar-refractivity contribution in [2.24, 2.45) is 0 Å². The molecule has 0 saturated carbocycles. The Labute approximate surface area is 106 Å². The molecule has 0 N–H and O–H groups in total. The minimum Gasteiger partial charge on any atom is -0.253 e. The molecular weight excluding hydrogens is 234 g/mol. The number of alkyl halides is 1. The van der Waals surface area contributed by atoms with Crippen molar-refractivity contribution in [2.75, 3.05) is 0 Å². The van der Waals surface area contributed by atoms with Crippen LogP contribution < -0.4 is 0 Å². The Morgan fingerprint density at radius 3 is 2.59 bits per heavy atom. The van der Waals surface area contributed by atoms with Crippen molar-refractivity contribution in [3.05, 3.63) is 41.3 Å². The van der Waals surface area contributed by atoms with E-state index in [4.69, 9.17) is 11.6 Å². The molecule has 0 aliphatic carbocycles. The summed E-state index contributed by atoms with van der Waals surface area (Å²) in [6.45, 7) is 5.86. The molecule has 0 spiro atoms. The summed E-state index contributed by atoms with van der Waals surface area (Å²) in [5, 5.41) is -0.0751. The molecule has 2 aromatic rings. The van der Waals surface area contributed by atoms with Gasteiger partial charge in [0.25, 0.3) is 0 Å². The number of nitrogens with zero attached hydrogens (tertiary/aromatic N) is 3. The highest BCUT2D eigenvalue weighted by Crippen LogP contribution is 2.23. The maximum absolute atomic E-state index is 6.04. The maximum atomic E-state index is 6.04. The molecule has 88 valence electrons. The Morgan fingerprint density at radius 1 is 1.24 bits per heavy atom. The molecule has 0 aliphatic heterocycles. The molecule has 2 aromatic heterocycles. The first-order valence-corrected chi connectivity index (χ1v) is 5.93. The van der Waals surface area contributed by atoms with E-state index >= 15 is 0 Å². The van der Waals surface area contributed by atoms with Gasteiger partial charge in [-0.2, -0.15) is 0 Å². The first-order valence-electron chi connectivity index (χ1n) is 5.49. The smallest absolute Gasteiger partial charge is 0.178 e. The molecule has 0 aromatic carbocycles. The lowest BCUT2D eigenvalue weighted by Crippen LogP contribution is -2.00. The molecule has 3 nitrogen and oxygen atoms in total. The van der Waals surface area contributed by atoms with Gasteiger partial charge in [-0.1, -0.05) is 6.07 Å². The Hall–Kier alpha value is -1.48. The van der Waals surface area contributed by atoms with E-state index in [1.165, 1.54) is 0 Å². The van der Waals surface area contributed by atoms with Gasteiger partial charge < -0.3 is 0 Å². The number of pyridine rings is 1. The number of hydrogen-bond donors (Lipinski definition) is 0. The van der Waals surface area contributed by atoms with Crippen LogP contribution in [-0.2, 0) is 0 Å². The van der Waals surface area contributed by atoms with Crippen molar-refractivity contribution < 1.29 is 0 Å². The predicted octanol–water partition coefficient (Wildman–Crippen LogP) is 3.46. The average molecular weight is 248 g/mol. The molecule has 17 heavy (non-hydrogen) atoms. The summed E-state index contributed by atoms with van der Waals surface area (Å²) in [4.78, 5) is 13.1. The highest BCUT2D eigenvalue weighted by Gasteiger charge is 2.11. The van der Waals surface area contributed by atoms with Gasteiger partial charge in [-0.15, -0.1) is 11.6 Å². The number of hydrogen-bond acceptors (Lipinski definition) is 3. The zero-order chi connectivity index (χ0) is 12.4. The molecule has 0 amide bonds. The van der Waals surface area contributed by atoms with Crippen LogP contribution in [0.1, 0.15) is 29.1 Å². The van der Waals surface area contributed by atoms with Crippen molar-refractivity contribution in [2.45, 2.75) is 26.1 Å². The van der Waals surface area contributed by atoms with Gasteiger partial charge in [0.1, 0.15) is 5.69 Å². The average Bonchev–Trinajstić information content (AvgIpc) is 2.29. The normalized spacial score (nSPS) is 12.5. The second kappa shape index (κ2) is 4.80. The largest absolute Gasteiger partial charge is 0.253 e. The fourth-order valence-electron chi connectivity index (χ4n) is 1.70. The van der Waals surface area contributed by atoms with Gasteiger partial charge >= 0.3 is 0 Å². The van der Waals surface area contributed by atoms with E-state index < -0.39 is 0 Å². The van der Waals surface area contributed by atoms with Crippen molar-refractivity contribution in [3.63, 3.8) is 0 Å². The van der Waals surface area contributed by atoms with Crippen molar-refractivity contribution in [1.82, 2.24) is 15.0 Å². The monoisotopic (exact) mass is 247 g/mol. The van der Waals surface area contributed by atoms with Crippen LogP contribution in [0.25, 0.3) is 11.5 Å². The standard InChI is InChI=1S/C13H14ClN3/c1-8-5-4-6-15-12(8)13-16-7-11(9(2)14)10(3)17-13/h4-7,9H,1-3H3. The second-order valence-electron chi connectivity index (χ2n) is 4.02. The first-order chi connectivity index (χ1) is 8.09. The second-order valence-corrected chi connectivity index (χ2v) is 4.67. The molecule has 0 saturated heterocycles. The fraction of sp³-hybridized carbons (Fsp3) is 0.308. The molecule has 1 atom stereocenters. The molecule has 0 bridgehead atoms. The minimum atomic E-state index is -0.0751. The summed E-state index contributed by atoms with van der Waals surface area (Å²) in [6.07, 6.45) is 3.53. The minimum absolute atomic E-state index is 0.0751. The highest BCUT2D eigenvalue weighted by molar-refractivity contribution is 6.20. The van der Waals surface area contributed by atoms with Crippen molar-refractivity contribution in [1.29, 1.82) is 0 Å². The van der Waals surface area contributed by atoms with Gasteiger partial charge in [0.2, 0.25) is 0 Å². The van der Waals surface area contributed by atoms with Gasteiger partial charge in [0.15, 0.2) is 5.82 Å². The third kappa shape index (κ3) is 2.44. The Morgan fingerprint density at radius 2 is 2.00 bits per heavy atom. The summed E-state index contributed by atoms with van der Waals surface area (Å²) in [5.74, 6) is 0.654. The first kappa shape index (κ1) is 12.0. The Kier molecular flexibility index (Phi) is 3.38. The topological polar surface area (TPSA) is 38.7 Å². The van der Waals surface area contributed by atoms with E-state index in [2.05, 4.69) is 15.0 Å². The van der Waals surface area contributed by atoms with Crippen LogP contribution in [0.2, 0.25) is 0 Å². The van der Waals surface area contributed by atoms with Crippen LogP contribution in [0.5, 0.6) is 0 Å². The summed E-state index contributed by atoms with van der Waals surface area (Å²) in [5.41, 5.74) is 3.76. The van der Waals surface area contributed by atoms with Gasteiger partial charge in [-0.05, 0) is 32.4 Å². The molecule has 1 unspecified atom stereocenters. The summed E-state index contributed by atoms with van der Waals surface area (Å²) < 4.78 is 0. The third-order valence-corrected chi connectivity index (χ3v) is 2.90. The van der Waals surface area contributed by atoms with Crippen LogP contribution in [0.15, 0.2) is 24.5 Å². The third-order valence-electron chi connectivity index (χ3n) is 2.67. The number of rotatable bonds is 2. The van der Waals surface area contributed by atoms with Crippen molar-refractivity contribution in [3.8, 4) is 11.5 Å². The van der Waals surface area contributed by atoms with E-state index in [1.807, 2.05) is 32.9 Å². The van der Waals surface area contributed by atoms with E-state index in [1.54, 1.807) is 12.4 Å². The number of aryl methyl sites for hydroxylation is 2. The zero-order valence-electron chi connectivity index (χ0n) is 10.1. The van der Waals surface area contributed by atoms with Crippen LogP contribution in [0, 0.1) is 13.8 Å². The molecule has 2 rings (SSSR count). The van der Waals surface area contributed by atoms with Crippen molar-refractivity contribution >= 4 is 11.6 Å². The van der Waals surface area contributed by atoms with Crippen LogP contribution in [-0.4, -0.2) is 15.0 Å². The lowest BCUT2D eigenvalue weighted by Gasteiger charge is -2.09. The molecular formula is C13H14ClN3. The predicted molar refractivity (Wildman–Crippen MR) is 69.0 cm³/mol. The van der Waals surface area contributed by atoms with Gasteiger partial charge in [0.05, 0.1) is 5.38 Å². The quantitative estimate of drug-likeness (QED) is 0.763. The fourth-order valence-corrected chi connectivity index (χ4v) is 1.92. The SMILES string of the molecule is Cc1cccnc1-c1ncc(C(C)Cl)c(C)n1. The zero-order valence-corrected chi connectivity index (χ0v) is 10.9. The lowest BCUT2D eigenvalue weighted by molar-refractivity contribution is 0.969. The maximum Gasteiger partial charge on any atom is 0.178 e. The summed E-state index contributed by atoms with van der Waals surface area (Å²) in [6, 6.07) is 3.90. The highest BCUT2D eigenvalue weighted by atomic mass is 35.5. The number of halogens is 1. The molecule has 4 heteroatoms. The van der Waals surface area contributed by atoms with Gasteiger partial charge in [-0.25, -0.2) is 9.97 Å². The van der Waals surface area contributed by atoms with E-state index in [0.29, 0.717) is 5.82 Å². The molecule has 0 radical (unpaired) electrons. The summed E-state index contributed by atoms with van der Waals surface area (Å²) in [7, 11) is 0.